The lowest BCUT2D eigenvalue weighted by Gasteiger charge is -2.23. The highest BCUT2D eigenvalue weighted by Gasteiger charge is 2.44. The quantitative estimate of drug-likeness (QED) is 0.362. The van der Waals surface area contributed by atoms with Crippen molar-refractivity contribution in [2.75, 3.05) is 33.4 Å². The van der Waals surface area contributed by atoms with Crippen LogP contribution in [0.15, 0.2) is 29.3 Å². The molecule has 146 valence electrons. The maximum atomic E-state index is 5.84. The third kappa shape index (κ3) is 5.25. The molecule has 2 aliphatic rings. The van der Waals surface area contributed by atoms with E-state index in [0.29, 0.717) is 6.54 Å². The summed E-state index contributed by atoms with van der Waals surface area (Å²) in [5.74, 6) is 1.80. The Morgan fingerprint density at radius 2 is 1.92 bits per heavy atom. The second kappa shape index (κ2) is 9.26. The Kier molecular flexibility index (Phi) is 7.58. The van der Waals surface area contributed by atoms with Gasteiger partial charge in [0, 0.05) is 25.1 Å². The molecular weight excluding hydrogens is 441 g/mol. The smallest absolute Gasteiger partial charge is 0.191 e. The predicted octanol–water partition coefficient (Wildman–Crippen LogP) is 3.47. The Morgan fingerprint density at radius 3 is 2.46 bits per heavy atom. The van der Waals surface area contributed by atoms with Crippen LogP contribution in [0.25, 0.3) is 0 Å². The number of hydrogen-bond acceptors (Lipinski definition) is 3. The zero-order chi connectivity index (χ0) is 17.8. The Balaban J connectivity index is 0.00000243. The van der Waals surface area contributed by atoms with Crippen molar-refractivity contribution in [2.24, 2.45) is 4.99 Å². The Morgan fingerprint density at radius 1 is 1.19 bits per heavy atom. The molecule has 6 heteroatoms. The van der Waals surface area contributed by atoms with Crippen molar-refractivity contribution in [1.82, 2.24) is 10.6 Å². The number of halogens is 1. The lowest BCUT2D eigenvalue weighted by atomic mass is 9.96. The van der Waals surface area contributed by atoms with Crippen LogP contribution in [0, 0.1) is 0 Å². The molecule has 0 bridgehead atoms. The molecule has 0 amide bonds. The first-order valence-electron chi connectivity index (χ1n) is 9.40. The molecule has 0 aromatic heterocycles. The van der Waals surface area contributed by atoms with Gasteiger partial charge in [0.05, 0.1) is 19.3 Å². The van der Waals surface area contributed by atoms with Gasteiger partial charge in [-0.15, -0.1) is 24.0 Å². The molecule has 0 radical (unpaired) electrons. The molecule has 1 atom stereocenters. The van der Waals surface area contributed by atoms with E-state index in [1.54, 1.807) is 7.11 Å². The third-order valence-electron chi connectivity index (χ3n) is 5.37. The summed E-state index contributed by atoms with van der Waals surface area (Å²) < 4.78 is 11.1. The minimum atomic E-state index is -0.102. The number of rotatable bonds is 7. The zero-order valence-electron chi connectivity index (χ0n) is 16.1. The van der Waals surface area contributed by atoms with Gasteiger partial charge < -0.3 is 20.1 Å². The molecular formula is C20H32IN3O2. The van der Waals surface area contributed by atoms with E-state index in [-0.39, 0.29) is 35.0 Å². The monoisotopic (exact) mass is 473 g/mol. The van der Waals surface area contributed by atoms with Gasteiger partial charge in [-0.3, -0.25) is 4.99 Å². The van der Waals surface area contributed by atoms with Gasteiger partial charge in [-0.05, 0) is 57.2 Å². The van der Waals surface area contributed by atoms with Gasteiger partial charge in [0.1, 0.15) is 5.75 Å². The lowest BCUT2D eigenvalue weighted by molar-refractivity contribution is 0.0283. The van der Waals surface area contributed by atoms with Gasteiger partial charge in [0.25, 0.3) is 0 Å². The minimum Gasteiger partial charge on any atom is -0.497 e. The second-order valence-electron chi connectivity index (χ2n) is 7.46. The Hall–Kier alpha value is -1.02. The van der Waals surface area contributed by atoms with E-state index < -0.39 is 0 Å². The number of aliphatic imine (C=N–C) groups is 1. The van der Waals surface area contributed by atoms with E-state index in [9.17, 15) is 0 Å². The summed E-state index contributed by atoms with van der Waals surface area (Å²) >= 11 is 0. The van der Waals surface area contributed by atoms with Crippen molar-refractivity contribution in [3.63, 3.8) is 0 Å². The van der Waals surface area contributed by atoms with E-state index in [1.807, 2.05) is 12.1 Å². The summed E-state index contributed by atoms with van der Waals surface area (Å²) in [5.41, 5.74) is 1.51. The van der Waals surface area contributed by atoms with Crippen molar-refractivity contribution >= 4 is 29.9 Å². The second-order valence-corrected chi connectivity index (χ2v) is 7.46. The third-order valence-corrected chi connectivity index (χ3v) is 5.37. The number of guanidine groups is 1. The summed E-state index contributed by atoms with van der Waals surface area (Å²) in [4.78, 5) is 4.77. The molecule has 26 heavy (non-hydrogen) atoms. The van der Waals surface area contributed by atoms with Crippen LogP contribution >= 0.6 is 24.0 Å². The highest BCUT2D eigenvalue weighted by atomic mass is 127. The predicted molar refractivity (Wildman–Crippen MR) is 117 cm³/mol. The Labute approximate surface area is 174 Å². The molecule has 3 rings (SSSR count). The van der Waals surface area contributed by atoms with Crippen molar-refractivity contribution in [3.8, 4) is 5.75 Å². The molecule has 0 spiro atoms. The fourth-order valence-electron chi connectivity index (χ4n) is 3.47. The van der Waals surface area contributed by atoms with Crippen LogP contribution in [0.2, 0.25) is 0 Å². The fraction of sp³-hybridized carbons (Fsp3) is 0.650. The topological polar surface area (TPSA) is 54.9 Å². The average Bonchev–Trinajstić information content (AvgIpc) is 3.31. The van der Waals surface area contributed by atoms with E-state index in [0.717, 1.165) is 44.2 Å². The van der Waals surface area contributed by atoms with Gasteiger partial charge in [0.15, 0.2) is 5.96 Å². The molecule has 1 aromatic carbocycles. The standard InChI is InChI=1S/C20H31N3O2.HI/c1-4-21-18(22-14-19(2)10-5-13-25-19)23-15-20(11-12-20)16-6-8-17(24-3)9-7-16;/h6-9H,4-5,10-15H2,1-3H3,(H2,21,22,23);1H. The summed E-state index contributed by atoms with van der Waals surface area (Å²) in [6.45, 7) is 7.59. The number of nitrogens with zero attached hydrogens (tertiary/aromatic N) is 1. The first kappa shape index (κ1) is 21.3. The highest BCUT2D eigenvalue weighted by Crippen LogP contribution is 2.47. The van der Waals surface area contributed by atoms with Gasteiger partial charge in [0.2, 0.25) is 0 Å². The largest absolute Gasteiger partial charge is 0.497 e. The summed E-state index contributed by atoms with van der Waals surface area (Å²) in [6.07, 6.45) is 4.65. The maximum absolute atomic E-state index is 5.84. The van der Waals surface area contributed by atoms with Crippen LogP contribution in [0.4, 0.5) is 0 Å². The van der Waals surface area contributed by atoms with Crippen LogP contribution in [-0.2, 0) is 10.2 Å². The maximum Gasteiger partial charge on any atom is 0.191 e. The zero-order valence-corrected chi connectivity index (χ0v) is 18.5. The van der Waals surface area contributed by atoms with Crippen LogP contribution < -0.4 is 15.4 Å². The van der Waals surface area contributed by atoms with Crippen molar-refractivity contribution < 1.29 is 9.47 Å². The van der Waals surface area contributed by atoms with E-state index in [2.05, 4.69) is 36.6 Å². The molecule has 1 saturated carbocycles. The molecule has 2 N–H and O–H groups in total. The molecule has 2 fully saturated rings. The number of nitrogens with one attached hydrogen (secondary N) is 2. The summed E-state index contributed by atoms with van der Waals surface area (Å²) in [6, 6.07) is 8.47. The molecule has 1 heterocycles. The molecule has 1 aliphatic heterocycles. The van der Waals surface area contributed by atoms with Gasteiger partial charge in [-0.2, -0.15) is 0 Å². The first-order chi connectivity index (χ1) is 12.1. The minimum absolute atomic E-state index is 0. The van der Waals surface area contributed by atoms with Crippen LogP contribution in [0.5, 0.6) is 5.75 Å². The highest BCUT2D eigenvalue weighted by molar-refractivity contribution is 14.0. The number of methoxy groups -OCH3 is 1. The SMILES string of the molecule is CCNC(=NCC1(C)CCCO1)NCC1(c2ccc(OC)cc2)CC1.I. The van der Waals surface area contributed by atoms with Crippen molar-refractivity contribution in [1.29, 1.82) is 0 Å². The number of benzene rings is 1. The van der Waals surface area contributed by atoms with E-state index in [4.69, 9.17) is 14.5 Å². The van der Waals surface area contributed by atoms with E-state index in [1.165, 1.54) is 18.4 Å². The molecule has 1 saturated heterocycles. The summed E-state index contributed by atoms with van der Waals surface area (Å²) in [5, 5.41) is 6.90. The lowest BCUT2D eigenvalue weighted by Crippen LogP contribution is -2.42. The van der Waals surface area contributed by atoms with Gasteiger partial charge >= 0.3 is 0 Å². The molecule has 1 unspecified atom stereocenters. The van der Waals surface area contributed by atoms with Crippen molar-refractivity contribution in [3.05, 3.63) is 29.8 Å². The van der Waals surface area contributed by atoms with Gasteiger partial charge in [-0.25, -0.2) is 0 Å². The normalized spacial score (nSPS) is 23.9. The molecule has 1 aromatic rings. The van der Waals surface area contributed by atoms with Crippen LogP contribution in [0.3, 0.4) is 0 Å². The average molecular weight is 473 g/mol. The van der Waals surface area contributed by atoms with E-state index >= 15 is 0 Å². The van der Waals surface area contributed by atoms with Gasteiger partial charge in [-0.1, -0.05) is 12.1 Å². The number of hydrogen-bond donors (Lipinski definition) is 2. The number of ether oxygens (including phenoxy) is 2. The van der Waals surface area contributed by atoms with Crippen molar-refractivity contribution in [2.45, 2.75) is 50.5 Å². The first-order valence-corrected chi connectivity index (χ1v) is 9.40. The van der Waals surface area contributed by atoms with Crippen LogP contribution in [0.1, 0.15) is 45.1 Å². The summed E-state index contributed by atoms with van der Waals surface area (Å²) in [7, 11) is 1.71. The van der Waals surface area contributed by atoms with Crippen LogP contribution in [-0.4, -0.2) is 44.9 Å². The molecule has 5 nitrogen and oxygen atoms in total. The fourth-order valence-corrected chi connectivity index (χ4v) is 3.47. The Bertz CT molecular complexity index is 594. The molecule has 1 aliphatic carbocycles.